The molecule has 0 spiro atoms. The first kappa shape index (κ1) is 15.6. The second-order valence-corrected chi connectivity index (χ2v) is 4.87. The Balaban J connectivity index is 2.06. The van der Waals surface area contributed by atoms with Gasteiger partial charge in [0.15, 0.2) is 0 Å². The number of non-ortho nitro benzene ring substituents is 1. The summed E-state index contributed by atoms with van der Waals surface area (Å²) in [6.07, 6.45) is -2.43. The van der Waals surface area contributed by atoms with Crippen LogP contribution in [0.5, 0.6) is 5.75 Å². The van der Waals surface area contributed by atoms with Gasteiger partial charge >= 0.3 is 6.18 Å². The molecule has 1 heterocycles. The Labute approximate surface area is 119 Å². The van der Waals surface area contributed by atoms with E-state index < -0.39 is 22.4 Å². The smallest absolute Gasteiger partial charge is 0.416 e. The zero-order valence-electron chi connectivity index (χ0n) is 11.2. The third-order valence-electron chi connectivity index (χ3n) is 3.30. The summed E-state index contributed by atoms with van der Waals surface area (Å²) in [4.78, 5) is 12.0. The van der Waals surface area contributed by atoms with E-state index in [0.717, 1.165) is 38.1 Å². The van der Waals surface area contributed by atoms with Crippen LogP contribution in [-0.2, 0) is 6.18 Å². The van der Waals surface area contributed by atoms with Gasteiger partial charge in [0.2, 0.25) is 0 Å². The van der Waals surface area contributed by atoms with Crippen LogP contribution in [0.3, 0.4) is 0 Å². The molecule has 21 heavy (non-hydrogen) atoms. The van der Waals surface area contributed by atoms with Crippen molar-refractivity contribution in [1.82, 2.24) is 4.90 Å². The van der Waals surface area contributed by atoms with Crippen molar-refractivity contribution in [3.8, 4) is 5.75 Å². The van der Waals surface area contributed by atoms with Crippen LogP contribution in [0.1, 0.15) is 18.4 Å². The molecular weight excluding hydrogens is 289 g/mol. The second kappa shape index (κ2) is 6.30. The molecule has 0 N–H and O–H groups in total. The fourth-order valence-electron chi connectivity index (χ4n) is 2.23. The number of hydrogen-bond donors (Lipinski definition) is 0. The van der Waals surface area contributed by atoms with Crippen LogP contribution < -0.4 is 4.74 Å². The lowest BCUT2D eigenvalue weighted by molar-refractivity contribution is -0.385. The quantitative estimate of drug-likeness (QED) is 0.619. The lowest BCUT2D eigenvalue weighted by Crippen LogP contribution is -2.25. The van der Waals surface area contributed by atoms with E-state index in [0.29, 0.717) is 12.6 Å². The van der Waals surface area contributed by atoms with E-state index in [2.05, 4.69) is 4.90 Å². The van der Waals surface area contributed by atoms with Crippen molar-refractivity contribution < 1.29 is 22.8 Å². The number of nitrogens with zero attached hydrogens (tertiary/aromatic N) is 2. The number of halogens is 3. The average Bonchev–Trinajstić information content (AvgIpc) is 2.90. The molecule has 0 saturated carbocycles. The van der Waals surface area contributed by atoms with Crippen molar-refractivity contribution in [3.05, 3.63) is 33.9 Å². The Kier molecular flexibility index (Phi) is 4.66. The molecule has 8 heteroatoms. The first-order valence-electron chi connectivity index (χ1n) is 6.58. The van der Waals surface area contributed by atoms with Gasteiger partial charge < -0.3 is 4.74 Å². The van der Waals surface area contributed by atoms with E-state index in [4.69, 9.17) is 4.74 Å². The van der Waals surface area contributed by atoms with Crippen molar-refractivity contribution in [2.24, 2.45) is 0 Å². The Bertz CT molecular complexity index is 514. The minimum Gasteiger partial charge on any atom is -0.492 e. The summed E-state index contributed by atoms with van der Waals surface area (Å²) in [5.74, 6) is -0.129. The third-order valence-corrected chi connectivity index (χ3v) is 3.30. The van der Waals surface area contributed by atoms with E-state index in [-0.39, 0.29) is 12.4 Å². The number of hydrogen-bond acceptors (Lipinski definition) is 4. The predicted molar refractivity (Wildman–Crippen MR) is 69.3 cm³/mol. The summed E-state index contributed by atoms with van der Waals surface area (Å²) in [6.45, 7) is 2.71. The van der Waals surface area contributed by atoms with E-state index in [9.17, 15) is 23.3 Å². The minimum atomic E-state index is -4.64. The van der Waals surface area contributed by atoms with E-state index in [1.54, 1.807) is 0 Å². The summed E-state index contributed by atoms with van der Waals surface area (Å²) in [6, 6.07) is 2.31. The Morgan fingerprint density at radius 3 is 2.48 bits per heavy atom. The largest absolute Gasteiger partial charge is 0.492 e. The molecule has 0 aromatic heterocycles. The van der Waals surface area contributed by atoms with Crippen molar-refractivity contribution in [2.75, 3.05) is 26.2 Å². The molecule has 1 aliphatic heterocycles. The van der Waals surface area contributed by atoms with Crippen LogP contribution in [-0.4, -0.2) is 36.1 Å². The van der Waals surface area contributed by atoms with E-state index in [1.165, 1.54) is 0 Å². The molecule has 0 bridgehead atoms. The van der Waals surface area contributed by atoms with Crippen LogP contribution in [0.25, 0.3) is 0 Å². The fourth-order valence-corrected chi connectivity index (χ4v) is 2.23. The lowest BCUT2D eigenvalue weighted by Gasteiger charge is -2.15. The summed E-state index contributed by atoms with van der Waals surface area (Å²) < 4.78 is 43.3. The minimum absolute atomic E-state index is 0.129. The molecule has 1 aromatic carbocycles. The SMILES string of the molecule is O=[N+]([O-])c1cc(OCCN2CCCC2)cc(C(F)(F)F)c1. The van der Waals surface area contributed by atoms with Crippen molar-refractivity contribution in [1.29, 1.82) is 0 Å². The standard InChI is InChI=1S/C13H15F3N2O3/c14-13(15,16)10-7-11(18(19)20)9-12(8-10)21-6-5-17-3-1-2-4-17/h7-9H,1-6H2. The number of nitro groups is 1. The first-order valence-corrected chi connectivity index (χ1v) is 6.58. The van der Waals surface area contributed by atoms with Crippen LogP contribution >= 0.6 is 0 Å². The zero-order valence-corrected chi connectivity index (χ0v) is 11.2. The highest BCUT2D eigenvalue weighted by Crippen LogP contribution is 2.34. The van der Waals surface area contributed by atoms with E-state index in [1.807, 2.05) is 0 Å². The number of rotatable bonds is 5. The van der Waals surface area contributed by atoms with E-state index >= 15 is 0 Å². The average molecular weight is 304 g/mol. The Morgan fingerprint density at radius 1 is 1.24 bits per heavy atom. The van der Waals surface area contributed by atoms with Crippen LogP contribution in [0, 0.1) is 10.1 Å². The number of benzene rings is 1. The molecular formula is C13H15F3N2O3. The van der Waals surface area contributed by atoms with Crippen molar-refractivity contribution in [3.63, 3.8) is 0 Å². The molecule has 116 valence electrons. The van der Waals surface area contributed by atoms with Gasteiger partial charge in [-0.05, 0) is 32.0 Å². The summed E-state index contributed by atoms with van der Waals surface area (Å²) in [7, 11) is 0. The molecule has 1 aliphatic rings. The van der Waals surface area contributed by atoms with Gasteiger partial charge in [-0.25, -0.2) is 0 Å². The summed E-state index contributed by atoms with van der Waals surface area (Å²) >= 11 is 0. The second-order valence-electron chi connectivity index (χ2n) is 4.87. The van der Waals surface area contributed by atoms with Crippen LogP contribution in [0.15, 0.2) is 18.2 Å². The number of likely N-dealkylation sites (tertiary alicyclic amines) is 1. The topological polar surface area (TPSA) is 55.6 Å². The van der Waals surface area contributed by atoms with Crippen LogP contribution in [0.4, 0.5) is 18.9 Å². The van der Waals surface area contributed by atoms with Gasteiger partial charge in [0.05, 0.1) is 16.6 Å². The van der Waals surface area contributed by atoms with Gasteiger partial charge in [0.1, 0.15) is 12.4 Å². The normalized spacial score (nSPS) is 16.1. The van der Waals surface area contributed by atoms with Gasteiger partial charge in [0.25, 0.3) is 5.69 Å². The highest BCUT2D eigenvalue weighted by atomic mass is 19.4. The zero-order chi connectivity index (χ0) is 15.5. The molecule has 1 saturated heterocycles. The van der Waals surface area contributed by atoms with Crippen molar-refractivity contribution >= 4 is 5.69 Å². The maximum absolute atomic E-state index is 12.7. The Hall–Kier alpha value is -1.83. The van der Waals surface area contributed by atoms with Gasteiger partial charge in [-0.1, -0.05) is 0 Å². The highest BCUT2D eigenvalue weighted by molar-refractivity contribution is 5.43. The number of nitro benzene ring substituents is 1. The van der Waals surface area contributed by atoms with Gasteiger partial charge in [-0.2, -0.15) is 13.2 Å². The molecule has 1 aromatic rings. The first-order chi connectivity index (χ1) is 9.86. The maximum Gasteiger partial charge on any atom is 0.416 e. The predicted octanol–water partition coefficient (Wildman–Crippen LogP) is 3.09. The van der Waals surface area contributed by atoms with Gasteiger partial charge in [0, 0.05) is 12.6 Å². The van der Waals surface area contributed by atoms with Crippen LogP contribution in [0.2, 0.25) is 0 Å². The lowest BCUT2D eigenvalue weighted by atomic mass is 10.2. The fraction of sp³-hybridized carbons (Fsp3) is 0.538. The summed E-state index contributed by atoms with van der Waals surface area (Å²) in [5.41, 5.74) is -1.70. The molecule has 0 aliphatic carbocycles. The molecule has 5 nitrogen and oxygen atoms in total. The Morgan fingerprint density at radius 2 is 1.90 bits per heavy atom. The molecule has 0 unspecified atom stereocenters. The highest BCUT2D eigenvalue weighted by Gasteiger charge is 2.33. The number of alkyl halides is 3. The molecule has 0 atom stereocenters. The van der Waals surface area contributed by atoms with Gasteiger partial charge in [-0.3, -0.25) is 15.0 Å². The molecule has 0 radical (unpaired) electrons. The number of ether oxygens (including phenoxy) is 1. The summed E-state index contributed by atoms with van der Waals surface area (Å²) in [5, 5.41) is 10.7. The van der Waals surface area contributed by atoms with Gasteiger partial charge in [-0.15, -0.1) is 0 Å². The third kappa shape index (κ3) is 4.32. The maximum atomic E-state index is 12.7. The monoisotopic (exact) mass is 304 g/mol. The molecule has 0 amide bonds. The van der Waals surface area contributed by atoms with Crippen molar-refractivity contribution in [2.45, 2.75) is 19.0 Å². The molecule has 1 fully saturated rings. The molecule has 2 rings (SSSR count).